The van der Waals surface area contributed by atoms with Crippen LogP contribution in [0.15, 0.2) is 24.4 Å². The minimum atomic E-state index is 0.208. The summed E-state index contributed by atoms with van der Waals surface area (Å²) in [7, 11) is 0. The highest BCUT2D eigenvalue weighted by Gasteiger charge is 2.09. The molecule has 2 aromatic rings. The van der Waals surface area contributed by atoms with E-state index in [2.05, 4.69) is 36.0 Å². The number of aromatic nitrogens is 1. The van der Waals surface area contributed by atoms with E-state index >= 15 is 0 Å². The second kappa shape index (κ2) is 6.42. The van der Waals surface area contributed by atoms with Crippen molar-refractivity contribution in [1.82, 2.24) is 9.88 Å². The third-order valence-electron chi connectivity index (χ3n) is 3.18. The third kappa shape index (κ3) is 3.50. The quantitative estimate of drug-likeness (QED) is 0.853. The minimum Gasteiger partial charge on any atom is -0.396 e. The standard InChI is InChI=1S/C15H21ClN2O/c1-11(2)17-9-12-10-18(6-3-7-19)15-8-13(16)4-5-14(12)15/h4-5,8,10-11,17,19H,3,6-7,9H2,1-2H3. The molecule has 104 valence electrons. The number of rotatable bonds is 6. The van der Waals surface area contributed by atoms with Gasteiger partial charge >= 0.3 is 0 Å². The van der Waals surface area contributed by atoms with Crippen LogP contribution in [-0.2, 0) is 13.1 Å². The summed E-state index contributed by atoms with van der Waals surface area (Å²) in [6.07, 6.45) is 2.92. The highest BCUT2D eigenvalue weighted by molar-refractivity contribution is 6.31. The van der Waals surface area contributed by atoms with Crippen molar-refractivity contribution >= 4 is 22.5 Å². The minimum absolute atomic E-state index is 0.208. The summed E-state index contributed by atoms with van der Waals surface area (Å²) in [6, 6.07) is 6.46. The monoisotopic (exact) mass is 280 g/mol. The fourth-order valence-corrected chi connectivity index (χ4v) is 2.39. The second-order valence-electron chi connectivity index (χ2n) is 5.12. The molecule has 0 fully saturated rings. The highest BCUT2D eigenvalue weighted by atomic mass is 35.5. The van der Waals surface area contributed by atoms with Crippen LogP contribution < -0.4 is 5.32 Å². The molecule has 4 heteroatoms. The van der Waals surface area contributed by atoms with Crippen molar-refractivity contribution in [1.29, 1.82) is 0 Å². The average molecular weight is 281 g/mol. The van der Waals surface area contributed by atoms with Gasteiger partial charge in [0.2, 0.25) is 0 Å². The van der Waals surface area contributed by atoms with E-state index in [0.29, 0.717) is 6.04 Å². The summed E-state index contributed by atoms with van der Waals surface area (Å²) in [5.74, 6) is 0. The number of halogens is 1. The molecule has 0 aliphatic heterocycles. The van der Waals surface area contributed by atoms with Gasteiger partial charge < -0.3 is 15.0 Å². The van der Waals surface area contributed by atoms with Crippen molar-refractivity contribution in [3.63, 3.8) is 0 Å². The van der Waals surface area contributed by atoms with Crippen molar-refractivity contribution in [2.45, 2.75) is 39.4 Å². The van der Waals surface area contributed by atoms with Crippen LogP contribution in [-0.4, -0.2) is 22.3 Å². The first kappa shape index (κ1) is 14.4. The molecule has 1 aromatic carbocycles. The van der Waals surface area contributed by atoms with Gasteiger partial charge in [0.25, 0.3) is 0 Å². The summed E-state index contributed by atoms with van der Waals surface area (Å²) in [4.78, 5) is 0. The lowest BCUT2D eigenvalue weighted by Gasteiger charge is -2.06. The summed E-state index contributed by atoms with van der Waals surface area (Å²) in [5.41, 5.74) is 2.42. The molecule has 1 heterocycles. The van der Waals surface area contributed by atoms with Gasteiger partial charge in [0.15, 0.2) is 0 Å². The maximum atomic E-state index is 8.99. The maximum absolute atomic E-state index is 8.99. The van der Waals surface area contributed by atoms with Gasteiger partial charge in [-0.25, -0.2) is 0 Å². The molecule has 2 N–H and O–H groups in total. The van der Waals surface area contributed by atoms with E-state index in [1.165, 1.54) is 10.9 Å². The van der Waals surface area contributed by atoms with Gasteiger partial charge in [0, 0.05) is 47.9 Å². The van der Waals surface area contributed by atoms with Crippen LogP contribution in [0, 0.1) is 0 Å². The molecule has 0 saturated carbocycles. The van der Waals surface area contributed by atoms with Crippen molar-refractivity contribution in [2.24, 2.45) is 0 Å². The normalized spacial score (nSPS) is 11.6. The van der Waals surface area contributed by atoms with E-state index < -0.39 is 0 Å². The zero-order valence-corrected chi connectivity index (χ0v) is 12.2. The fraction of sp³-hybridized carbons (Fsp3) is 0.467. The first-order valence-electron chi connectivity index (χ1n) is 6.73. The number of benzene rings is 1. The Hall–Kier alpha value is -1.03. The SMILES string of the molecule is CC(C)NCc1cn(CCCO)c2cc(Cl)ccc12. The molecular formula is C15H21ClN2O. The van der Waals surface area contributed by atoms with Crippen LogP contribution in [0.2, 0.25) is 5.02 Å². The van der Waals surface area contributed by atoms with Crippen LogP contribution in [0.5, 0.6) is 0 Å². The van der Waals surface area contributed by atoms with E-state index in [-0.39, 0.29) is 6.61 Å². The molecule has 0 radical (unpaired) electrons. The average Bonchev–Trinajstić information content (AvgIpc) is 2.71. The predicted molar refractivity (Wildman–Crippen MR) is 80.6 cm³/mol. The Morgan fingerprint density at radius 1 is 1.37 bits per heavy atom. The predicted octanol–water partition coefficient (Wildman–Crippen LogP) is 3.18. The molecule has 0 aliphatic carbocycles. The molecule has 0 aliphatic rings. The smallest absolute Gasteiger partial charge is 0.0498 e. The number of fused-ring (bicyclic) bond motifs is 1. The Bertz CT molecular complexity index is 548. The summed E-state index contributed by atoms with van der Waals surface area (Å²) in [5, 5.41) is 14.4. The molecule has 0 unspecified atom stereocenters. The van der Waals surface area contributed by atoms with Gasteiger partial charge in [-0.05, 0) is 24.1 Å². The molecule has 0 bridgehead atoms. The lowest BCUT2D eigenvalue weighted by atomic mass is 10.1. The van der Waals surface area contributed by atoms with E-state index in [1.807, 2.05) is 12.1 Å². The van der Waals surface area contributed by atoms with Crippen molar-refractivity contribution in [3.8, 4) is 0 Å². The zero-order valence-electron chi connectivity index (χ0n) is 11.5. The summed E-state index contributed by atoms with van der Waals surface area (Å²) < 4.78 is 2.18. The number of aryl methyl sites for hydroxylation is 1. The number of nitrogens with one attached hydrogen (secondary N) is 1. The van der Waals surface area contributed by atoms with Gasteiger partial charge in [0.1, 0.15) is 0 Å². The maximum Gasteiger partial charge on any atom is 0.0498 e. The molecule has 0 spiro atoms. The van der Waals surface area contributed by atoms with Crippen LogP contribution in [0.1, 0.15) is 25.8 Å². The second-order valence-corrected chi connectivity index (χ2v) is 5.56. The summed E-state index contributed by atoms with van der Waals surface area (Å²) in [6.45, 7) is 6.15. The Labute approximate surface area is 119 Å². The van der Waals surface area contributed by atoms with E-state index in [4.69, 9.17) is 16.7 Å². The fourth-order valence-electron chi connectivity index (χ4n) is 2.22. The molecule has 3 nitrogen and oxygen atoms in total. The Morgan fingerprint density at radius 3 is 2.84 bits per heavy atom. The first-order valence-corrected chi connectivity index (χ1v) is 7.11. The van der Waals surface area contributed by atoms with Crippen molar-refractivity contribution < 1.29 is 5.11 Å². The number of aliphatic hydroxyl groups is 1. The molecule has 0 amide bonds. The Kier molecular flexibility index (Phi) is 4.86. The topological polar surface area (TPSA) is 37.2 Å². The van der Waals surface area contributed by atoms with Gasteiger partial charge in [0.05, 0.1) is 0 Å². The van der Waals surface area contributed by atoms with Crippen molar-refractivity contribution in [2.75, 3.05) is 6.61 Å². The van der Waals surface area contributed by atoms with Gasteiger partial charge in [-0.3, -0.25) is 0 Å². The largest absolute Gasteiger partial charge is 0.396 e. The molecule has 0 saturated heterocycles. The number of aliphatic hydroxyl groups excluding tert-OH is 1. The summed E-state index contributed by atoms with van der Waals surface area (Å²) >= 11 is 6.08. The van der Waals surface area contributed by atoms with Gasteiger partial charge in [-0.15, -0.1) is 0 Å². The number of hydrogen-bond donors (Lipinski definition) is 2. The lowest BCUT2D eigenvalue weighted by molar-refractivity contribution is 0.280. The van der Waals surface area contributed by atoms with Crippen LogP contribution >= 0.6 is 11.6 Å². The Morgan fingerprint density at radius 2 is 2.16 bits per heavy atom. The van der Waals surface area contributed by atoms with E-state index in [0.717, 1.165) is 30.0 Å². The lowest BCUT2D eigenvalue weighted by Crippen LogP contribution is -2.21. The molecular weight excluding hydrogens is 260 g/mol. The van der Waals surface area contributed by atoms with Crippen molar-refractivity contribution in [3.05, 3.63) is 35.0 Å². The van der Waals surface area contributed by atoms with Crippen LogP contribution in [0.3, 0.4) is 0 Å². The molecule has 1 aromatic heterocycles. The highest BCUT2D eigenvalue weighted by Crippen LogP contribution is 2.25. The van der Waals surface area contributed by atoms with Gasteiger partial charge in [-0.1, -0.05) is 31.5 Å². The Balaban J connectivity index is 2.35. The third-order valence-corrected chi connectivity index (χ3v) is 3.42. The first-order chi connectivity index (χ1) is 9.11. The van der Waals surface area contributed by atoms with Crippen LogP contribution in [0.25, 0.3) is 10.9 Å². The number of nitrogens with zero attached hydrogens (tertiary/aromatic N) is 1. The van der Waals surface area contributed by atoms with E-state index in [9.17, 15) is 0 Å². The zero-order chi connectivity index (χ0) is 13.8. The molecule has 2 rings (SSSR count). The molecule has 19 heavy (non-hydrogen) atoms. The van der Waals surface area contributed by atoms with Crippen LogP contribution in [0.4, 0.5) is 0 Å². The van der Waals surface area contributed by atoms with E-state index in [1.54, 1.807) is 0 Å². The van der Waals surface area contributed by atoms with Gasteiger partial charge in [-0.2, -0.15) is 0 Å². The number of hydrogen-bond acceptors (Lipinski definition) is 2. The molecule has 0 atom stereocenters.